The molecule has 8 nitrogen and oxygen atoms in total. The standard InChI is InChI=1S/C24H30N2O6/c1-6-11-26-16(4)12-19(17(26)5)20(27)15-32-23(28)14-25-24(29)18-9-10-21(30-7-2)22(13-18)31-8-3/h6,9-10,12-13H,1,7-8,11,14-15H2,2-5H3,(H,25,29). The number of amides is 1. The molecule has 0 saturated heterocycles. The zero-order valence-corrected chi connectivity index (χ0v) is 19.0. The van der Waals surface area contributed by atoms with E-state index in [1.807, 2.05) is 32.3 Å². The van der Waals surface area contributed by atoms with Gasteiger partial charge in [0.2, 0.25) is 5.78 Å². The van der Waals surface area contributed by atoms with Crippen LogP contribution in [-0.4, -0.2) is 48.6 Å². The van der Waals surface area contributed by atoms with Crippen LogP contribution < -0.4 is 14.8 Å². The molecule has 0 spiro atoms. The molecule has 2 aromatic rings. The molecule has 0 fully saturated rings. The molecule has 0 bridgehead atoms. The van der Waals surface area contributed by atoms with Crippen molar-refractivity contribution in [3.8, 4) is 11.5 Å². The van der Waals surface area contributed by atoms with Crippen molar-refractivity contribution in [2.24, 2.45) is 0 Å². The summed E-state index contributed by atoms with van der Waals surface area (Å²) in [5.41, 5.74) is 2.53. The van der Waals surface area contributed by atoms with Crippen molar-refractivity contribution in [3.05, 3.63) is 59.4 Å². The monoisotopic (exact) mass is 442 g/mol. The molecule has 1 heterocycles. The number of carbonyl (C=O) groups excluding carboxylic acids is 3. The van der Waals surface area contributed by atoms with Gasteiger partial charge in [0.05, 0.1) is 13.2 Å². The number of ether oxygens (including phenoxy) is 3. The van der Waals surface area contributed by atoms with Crippen molar-refractivity contribution in [3.63, 3.8) is 0 Å². The lowest BCUT2D eigenvalue weighted by atomic mass is 10.1. The van der Waals surface area contributed by atoms with Crippen LogP contribution in [0.4, 0.5) is 0 Å². The summed E-state index contributed by atoms with van der Waals surface area (Å²) in [6, 6.07) is 6.54. The third-order valence-electron chi connectivity index (χ3n) is 4.75. The van der Waals surface area contributed by atoms with Gasteiger partial charge < -0.3 is 24.1 Å². The minimum atomic E-state index is -0.706. The Hall–Kier alpha value is -3.55. The van der Waals surface area contributed by atoms with Gasteiger partial charge >= 0.3 is 5.97 Å². The molecule has 1 amide bonds. The number of esters is 1. The van der Waals surface area contributed by atoms with Crippen molar-refractivity contribution in [2.45, 2.75) is 34.2 Å². The van der Waals surface area contributed by atoms with Gasteiger partial charge in [0, 0.05) is 29.1 Å². The maximum Gasteiger partial charge on any atom is 0.325 e. The van der Waals surface area contributed by atoms with E-state index in [0.717, 1.165) is 11.4 Å². The number of carbonyl (C=O) groups is 3. The Morgan fingerprint density at radius 3 is 2.41 bits per heavy atom. The van der Waals surface area contributed by atoms with Gasteiger partial charge in [-0.05, 0) is 52.0 Å². The summed E-state index contributed by atoms with van der Waals surface area (Å²) in [5.74, 6) is -0.491. The fourth-order valence-corrected chi connectivity index (χ4v) is 3.22. The van der Waals surface area contributed by atoms with Gasteiger partial charge in [-0.1, -0.05) is 6.08 Å². The molecule has 32 heavy (non-hydrogen) atoms. The van der Waals surface area contributed by atoms with E-state index >= 15 is 0 Å². The number of aryl methyl sites for hydroxylation is 1. The van der Waals surface area contributed by atoms with E-state index in [0.29, 0.717) is 42.4 Å². The second-order valence-electron chi connectivity index (χ2n) is 6.98. The lowest BCUT2D eigenvalue weighted by molar-refractivity contribution is -0.141. The third kappa shape index (κ3) is 6.23. The minimum Gasteiger partial charge on any atom is -0.490 e. The van der Waals surface area contributed by atoms with Gasteiger partial charge in [0.25, 0.3) is 5.91 Å². The average molecular weight is 443 g/mol. The predicted molar refractivity (Wildman–Crippen MR) is 121 cm³/mol. The SMILES string of the molecule is C=CCn1c(C)cc(C(=O)COC(=O)CNC(=O)c2ccc(OCC)c(OCC)c2)c1C. The van der Waals surface area contributed by atoms with E-state index in [-0.39, 0.29) is 12.3 Å². The minimum absolute atomic E-state index is 0.305. The second-order valence-corrected chi connectivity index (χ2v) is 6.98. The van der Waals surface area contributed by atoms with Crippen LogP contribution in [0.5, 0.6) is 11.5 Å². The third-order valence-corrected chi connectivity index (χ3v) is 4.75. The topological polar surface area (TPSA) is 95.9 Å². The van der Waals surface area contributed by atoms with Crippen LogP contribution in [0.1, 0.15) is 46.0 Å². The van der Waals surface area contributed by atoms with Crippen molar-refractivity contribution >= 4 is 17.7 Å². The smallest absolute Gasteiger partial charge is 0.325 e. The molecule has 0 saturated carbocycles. The number of aromatic nitrogens is 1. The number of ketones is 1. The Balaban J connectivity index is 1.91. The van der Waals surface area contributed by atoms with Crippen LogP contribution in [0.15, 0.2) is 36.9 Å². The molecule has 172 valence electrons. The van der Waals surface area contributed by atoms with Gasteiger partial charge in [0.1, 0.15) is 6.54 Å². The summed E-state index contributed by atoms with van der Waals surface area (Å²) in [7, 11) is 0. The molecule has 0 atom stereocenters. The van der Waals surface area contributed by atoms with Crippen LogP contribution in [0.3, 0.4) is 0 Å². The molecule has 0 aliphatic rings. The molecule has 1 N–H and O–H groups in total. The molecule has 0 aliphatic heterocycles. The highest BCUT2D eigenvalue weighted by Gasteiger charge is 2.18. The molecule has 1 aromatic heterocycles. The van der Waals surface area contributed by atoms with Crippen molar-refractivity contribution in [1.29, 1.82) is 0 Å². The fraction of sp³-hybridized carbons (Fsp3) is 0.375. The first kappa shape index (κ1) is 24.7. The highest BCUT2D eigenvalue weighted by Crippen LogP contribution is 2.28. The highest BCUT2D eigenvalue weighted by molar-refractivity contribution is 6.00. The van der Waals surface area contributed by atoms with E-state index in [9.17, 15) is 14.4 Å². The van der Waals surface area contributed by atoms with E-state index in [2.05, 4.69) is 11.9 Å². The number of nitrogens with one attached hydrogen (secondary N) is 1. The van der Waals surface area contributed by atoms with Gasteiger partial charge in [-0.2, -0.15) is 0 Å². The Morgan fingerprint density at radius 2 is 1.75 bits per heavy atom. The fourth-order valence-electron chi connectivity index (χ4n) is 3.22. The van der Waals surface area contributed by atoms with Crippen LogP contribution in [0.2, 0.25) is 0 Å². The Labute approximate surface area is 188 Å². The Kier molecular flexibility index (Phi) is 9.07. The molecular weight excluding hydrogens is 412 g/mol. The van der Waals surface area contributed by atoms with Gasteiger partial charge in [0.15, 0.2) is 18.1 Å². The number of hydrogen-bond acceptors (Lipinski definition) is 6. The summed E-state index contributed by atoms with van der Waals surface area (Å²) in [6.07, 6.45) is 1.75. The Morgan fingerprint density at radius 1 is 1.06 bits per heavy atom. The molecule has 8 heteroatoms. The normalized spacial score (nSPS) is 10.4. The Bertz CT molecular complexity index is 993. The van der Waals surface area contributed by atoms with Gasteiger partial charge in [-0.15, -0.1) is 6.58 Å². The van der Waals surface area contributed by atoms with Crippen molar-refractivity contribution in [1.82, 2.24) is 9.88 Å². The van der Waals surface area contributed by atoms with Crippen LogP contribution in [0, 0.1) is 13.8 Å². The summed E-state index contributed by atoms with van der Waals surface area (Å²) >= 11 is 0. The lowest BCUT2D eigenvalue weighted by Gasteiger charge is -2.12. The number of Topliss-reactive ketones (excluding diaryl/α,β-unsaturated/α-hetero) is 1. The molecule has 0 aliphatic carbocycles. The van der Waals surface area contributed by atoms with E-state index in [1.165, 1.54) is 0 Å². The van der Waals surface area contributed by atoms with Crippen molar-refractivity contribution in [2.75, 3.05) is 26.4 Å². The summed E-state index contributed by atoms with van der Waals surface area (Å²) in [4.78, 5) is 36.9. The van der Waals surface area contributed by atoms with Crippen LogP contribution >= 0.6 is 0 Å². The van der Waals surface area contributed by atoms with E-state index in [1.54, 1.807) is 30.3 Å². The average Bonchev–Trinajstić information content (AvgIpc) is 3.06. The van der Waals surface area contributed by atoms with E-state index in [4.69, 9.17) is 14.2 Å². The number of nitrogens with zero attached hydrogens (tertiary/aromatic N) is 1. The number of rotatable bonds is 12. The quantitative estimate of drug-likeness (QED) is 0.308. The molecule has 2 rings (SSSR count). The molecule has 1 aromatic carbocycles. The van der Waals surface area contributed by atoms with Crippen LogP contribution in [0.25, 0.3) is 0 Å². The second kappa shape index (κ2) is 11.7. The van der Waals surface area contributed by atoms with E-state index < -0.39 is 18.5 Å². The highest BCUT2D eigenvalue weighted by atomic mass is 16.5. The maximum atomic E-state index is 12.5. The summed E-state index contributed by atoms with van der Waals surface area (Å²) < 4.78 is 18.0. The maximum absolute atomic E-state index is 12.5. The zero-order valence-electron chi connectivity index (χ0n) is 19.0. The molecule has 0 radical (unpaired) electrons. The van der Waals surface area contributed by atoms with Crippen LogP contribution in [-0.2, 0) is 16.1 Å². The zero-order chi connectivity index (χ0) is 23.7. The van der Waals surface area contributed by atoms with Crippen molar-refractivity contribution < 1.29 is 28.6 Å². The molecule has 0 unspecified atom stereocenters. The lowest BCUT2D eigenvalue weighted by Crippen LogP contribution is -2.31. The largest absolute Gasteiger partial charge is 0.490 e. The van der Waals surface area contributed by atoms with Gasteiger partial charge in [-0.25, -0.2) is 0 Å². The summed E-state index contributed by atoms with van der Waals surface area (Å²) in [5, 5.41) is 2.49. The number of allylic oxidation sites excluding steroid dienone is 1. The molecular formula is C24H30N2O6. The first-order valence-electron chi connectivity index (χ1n) is 10.5. The number of hydrogen-bond donors (Lipinski definition) is 1. The first-order valence-corrected chi connectivity index (χ1v) is 10.5. The van der Waals surface area contributed by atoms with Gasteiger partial charge in [-0.3, -0.25) is 14.4 Å². The predicted octanol–water partition coefficient (Wildman–Crippen LogP) is 3.24. The summed E-state index contributed by atoms with van der Waals surface area (Å²) in [6.45, 7) is 11.8. The first-order chi connectivity index (χ1) is 15.3. The number of benzene rings is 1.